The molecular weight excluding hydrogens is 225 g/mol. The molecular formula is C16H24FN. The normalized spacial score (nSPS) is 24.8. The molecule has 1 aliphatic rings. The zero-order chi connectivity index (χ0) is 13.0. The number of nitrogens with one attached hydrogen (secondary N) is 1. The van der Waals surface area contributed by atoms with Gasteiger partial charge in [0.2, 0.25) is 0 Å². The summed E-state index contributed by atoms with van der Waals surface area (Å²) in [6, 6.07) is 5.83. The Bertz CT molecular complexity index is 389. The van der Waals surface area contributed by atoms with Crippen LogP contribution in [0.25, 0.3) is 0 Å². The van der Waals surface area contributed by atoms with Crippen molar-refractivity contribution < 1.29 is 4.39 Å². The maximum Gasteiger partial charge on any atom is 0.123 e. The Labute approximate surface area is 110 Å². The zero-order valence-corrected chi connectivity index (χ0v) is 11.5. The molecule has 1 aliphatic carbocycles. The van der Waals surface area contributed by atoms with Gasteiger partial charge in [0.05, 0.1) is 0 Å². The van der Waals surface area contributed by atoms with Gasteiger partial charge < -0.3 is 5.32 Å². The van der Waals surface area contributed by atoms with Crippen molar-refractivity contribution in [3.8, 4) is 0 Å². The van der Waals surface area contributed by atoms with Crippen LogP contribution in [0, 0.1) is 12.7 Å². The van der Waals surface area contributed by atoms with Crippen LogP contribution in [0.1, 0.15) is 56.1 Å². The van der Waals surface area contributed by atoms with E-state index in [1.54, 1.807) is 12.1 Å². The molecule has 1 aromatic rings. The van der Waals surface area contributed by atoms with Crippen LogP contribution in [-0.2, 0) is 0 Å². The lowest BCUT2D eigenvalue weighted by atomic mass is 9.85. The standard InChI is InChI=1S/C16H24FN/c1-3-18-16-8-6-4-5-7-15(16)14-10-9-13(17)11-12(14)2/h9-11,15-16,18H,3-8H2,1-2H3. The Kier molecular flexibility index (Phi) is 4.76. The second kappa shape index (κ2) is 6.33. The molecule has 1 aromatic carbocycles. The number of rotatable bonds is 3. The maximum atomic E-state index is 13.2. The van der Waals surface area contributed by atoms with Crippen LogP contribution in [0.2, 0.25) is 0 Å². The molecule has 100 valence electrons. The maximum absolute atomic E-state index is 13.2. The molecule has 1 saturated carbocycles. The Morgan fingerprint density at radius 2 is 2.00 bits per heavy atom. The number of hydrogen-bond donors (Lipinski definition) is 1. The second-order valence-electron chi connectivity index (χ2n) is 5.41. The third-order valence-electron chi connectivity index (χ3n) is 4.11. The quantitative estimate of drug-likeness (QED) is 0.793. The van der Waals surface area contributed by atoms with Crippen LogP contribution < -0.4 is 5.32 Å². The van der Waals surface area contributed by atoms with Gasteiger partial charge in [0.15, 0.2) is 0 Å². The first-order chi connectivity index (χ1) is 8.72. The summed E-state index contributed by atoms with van der Waals surface area (Å²) in [4.78, 5) is 0. The van der Waals surface area contributed by atoms with Crippen molar-refractivity contribution in [3.05, 3.63) is 35.1 Å². The second-order valence-corrected chi connectivity index (χ2v) is 5.41. The van der Waals surface area contributed by atoms with Gasteiger partial charge in [-0.25, -0.2) is 4.39 Å². The van der Waals surface area contributed by atoms with E-state index in [0.717, 1.165) is 12.1 Å². The Morgan fingerprint density at radius 3 is 2.72 bits per heavy atom. The van der Waals surface area contributed by atoms with Gasteiger partial charge in [-0.1, -0.05) is 32.3 Å². The zero-order valence-electron chi connectivity index (χ0n) is 11.5. The average molecular weight is 249 g/mol. The molecule has 0 radical (unpaired) electrons. The summed E-state index contributed by atoms with van der Waals surface area (Å²) in [7, 11) is 0. The highest BCUT2D eigenvalue weighted by Gasteiger charge is 2.25. The van der Waals surface area contributed by atoms with E-state index in [9.17, 15) is 4.39 Å². The minimum absolute atomic E-state index is 0.120. The van der Waals surface area contributed by atoms with Crippen LogP contribution >= 0.6 is 0 Å². The average Bonchev–Trinajstić information content (AvgIpc) is 2.56. The molecule has 2 heteroatoms. The Hall–Kier alpha value is -0.890. The van der Waals surface area contributed by atoms with E-state index in [2.05, 4.69) is 12.2 Å². The van der Waals surface area contributed by atoms with Gasteiger partial charge in [0.25, 0.3) is 0 Å². The molecule has 2 rings (SSSR count). The Morgan fingerprint density at radius 1 is 1.22 bits per heavy atom. The Balaban J connectivity index is 2.25. The van der Waals surface area contributed by atoms with E-state index >= 15 is 0 Å². The SMILES string of the molecule is CCNC1CCCCCC1c1ccc(F)cc1C. The first-order valence-electron chi connectivity index (χ1n) is 7.21. The molecule has 0 spiro atoms. The number of benzene rings is 1. The van der Waals surface area contributed by atoms with E-state index in [-0.39, 0.29) is 5.82 Å². The van der Waals surface area contributed by atoms with E-state index in [4.69, 9.17) is 0 Å². The van der Waals surface area contributed by atoms with Crippen molar-refractivity contribution in [1.82, 2.24) is 5.32 Å². The summed E-state index contributed by atoms with van der Waals surface area (Å²) in [5.74, 6) is 0.429. The van der Waals surface area contributed by atoms with Gasteiger partial charge in [0.1, 0.15) is 5.82 Å². The molecule has 0 aromatic heterocycles. The van der Waals surface area contributed by atoms with Crippen LogP contribution in [0.15, 0.2) is 18.2 Å². The highest BCUT2D eigenvalue weighted by atomic mass is 19.1. The predicted molar refractivity (Wildman–Crippen MR) is 74.4 cm³/mol. The molecule has 0 bridgehead atoms. The van der Waals surface area contributed by atoms with Crippen LogP contribution in [0.5, 0.6) is 0 Å². The van der Waals surface area contributed by atoms with Gasteiger partial charge >= 0.3 is 0 Å². The van der Waals surface area contributed by atoms with Crippen LogP contribution in [0.3, 0.4) is 0 Å². The third kappa shape index (κ3) is 3.11. The smallest absolute Gasteiger partial charge is 0.123 e. The van der Waals surface area contributed by atoms with Gasteiger partial charge in [-0.15, -0.1) is 0 Å². The summed E-state index contributed by atoms with van der Waals surface area (Å²) in [5.41, 5.74) is 2.44. The van der Waals surface area contributed by atoms with Crippen LogP contribution in [-0.4, -0.2) is 12.6 Å². The van der Waals surface area contributed by atoms with Crippen molar-refractivity contribution in [3.63, 3.8) is 0 Å². The lowest BCUT2D eigenvalue weighted by molar-refractivity contribution is 0.418. The third-order valence-corrected chi connectivity index (χ3v) is 4.11. The topological polar surface area (TPSA) is 12.0 Å². The largest absolute Gasteiger partial charge is 0.314 e. The first kappa shape index (κ1) is 13.5. The van der Waals surface area contributed by atoms with E-state index in [1.165, 1.54) is 37.7 Å². The molecule has 1 nitrogen and oxygen atoms in total. The minimum Gasteiger partial charge on any atom is -0.314 e. The molecule has 0 saturated heterocycles. The fourth-order valence-electron chi connectivity index (χ4n) is 3.24. The van der Waals surface area contributed by atoms with E-state index in [1.807, 2.05) is 13.0 Å². The van der Waals surface area contributed by atoms with Crippen molar-refractivity contribution >= 4 is 0 Å². The summed E-state index contributed by atoms with van der Waals surface area (Å²) < 4.78 is 13.2. The van der Waals surface area contributed by atoms with E-state index in [0.29, 0.717) is 12.0 Å². The van der Waals surface area contributed by atoms with Gasteiger partial charge in [-0.3, -0.25) is 0 Å². The molecule has 18 heavy (non-hydrogen) atoms. The molecule has 0 amide bonds. The summed E-state index contributed by atoms with van der Waals surface area (Å²) in [6.07, 6.45) is 6.41. The van der Waals surface area contributed by atoms with Crippen molar-refractivity contribution in [2.45, 2.75) is 57.9 Å². The fourth-order valence-corrected chi connectivity index (χ4v) is 3.24. The lowest BCUT2D eigenvalue weighted by Crippen LogP contribution is -2.34. The number of halogens is 1. The van der Waals surface area contributed by atoms with Gasteiger partial charge in [0, 0.05) is 6.04 Å². The predicted octanol–water partition coefficient (Wildman–Crippen LogP) is 4.16. The summed E-state index contributed by atoms with van der Waals surface area (Å²) in [5, 5.41) is 3.62. The van der Waals surface area contributed by atoms with Crippen molar-refractivity contribution in [2.75, 3.05) is 6.54 Å². The molecule has 0 aliphatic heterocycles. The summed E-state index contributed by atoms with van der Waals surface area (Å²) in [6.45, 7) is 5.22. The molecule has 2 atom stereocenters. The highest BCUT2D eigenvalue weighted by molar-refractivity contribution is 5.31. The number of hydrogen-bond acceptors (Lipinski definition) is 1. The molecule has 0 heterocycles. The number of aryl methyl sites for hydroxylation is 1. The molecule has 1 fully saturated rings. The first-order valence-corrected chi connectivity index (χ1v) is 7.21. The summed E-state index contributed by atoms with van der Waals surface area (Å²) >= 11 is 0. The lowest BCUT2D eigenvalue weighted by Gasteiger charge is -2.27. The monoisotopic (exact) mass is 249 g/mol. The fraction of sp³-hybridized carbons (Fsp3) is 0.625. The van der Waals surface area contributed by atoms with Crippen LogP contribution in [0.4, 0.5) is 4.39 Å². The molecule has 2 unspecified atom stereocenters. The van der Waals surface area contributed by atoms with Crippen molar-refractivity contribution in [1.29, 1.82) is 0 Å². The van der Waals surface area contributed by atoms with Crippen molar-refractivity contribution in [2.24, 2.45) is 0 Å². The van der Waals surface area contributed by atoms with Gasteiger partial charge in [-0.05, 0) is 55.5 Å². The molecule has 1 N–H and O–H groups in total. The number of likely N-dealkylation sites (N-methyl/N-ethyl adjacent to an activating group) is 1. The minimum atomic E-state index is -0.120. The van der Waals surface area contributed by atoms with Gasteiger partial charge in [-0.2, -0.15) is 0 Å². The highest BCUT2D eigenvalue weighted by Crippen LogP contribution is 2.33. The van der Waals surface area contributed by atoms with E-state index < -0.39 is 0 Å².